The van der Waals surface area contributed by atoms with E-state index in [4.69, 9.17) is 15.7 Å². The van der Waals surface area contributed by atoms with E-state index in [1.54, 1.807) is 48.5 Å². The standard InChI is InChI=1S/C25H23N5O3S/c26-15-14-24-28-29-25(34(31,32)18-21-8-6-19(16-27)7-9-21)30(24)22-10-12-23(13-11-22)33-17-20-4-2-1-3-5-20/h1-13H,14-15,17-18,26H2. The van der Waals surface area contributed by atoms with Crippen LogP contribution < -0.4 is 10.5 Å². The fraction of sp³-hybridized carbons (Fsp3) is 0.160. The molecule has 0 aliphatic rings. The van der Waals surface area contributed by atoms with E-state index in [1.165, 1.54) is 4.57 Å². The van der Waals surface area contributed by atoms with Gasteiger partial charge in [-0.2, -0.15) is 5.26 Å². The molecule has 8 nitrogen and oxygen atoms in total. The lowest BCUT2D eigenvalue weighted by molar-refractivity contribution is 0.306. The Kier molecular flexibility index (Phi) is 7.01. The summed E-state index contributed by atoms with van der Waals surface area (Å²) >= 11 is 0. The van der Waals surface area contributed by atoms with Gasteiger partial charge >= 0.3 is 0 Å². The first-order chi connectivity index (χ1) is 16.5. The van der Waals surface area contributed by atoms with E-state index in [1.807, 2.05) is 36.4 Å². The zero-order valence-electron chi connectivity index (χ0n) is 18.3. The van der Waals surface area contributed by atoms with Crippen molar-refractivity contribution in [3.8, 4) is 17.5 Å². The molecule has 172 valence electrons. The third-order valence-corrected chi connectivity index (χ3v) is 6.66. The van der Waals surface area contributed by atoms with Gasteiger partial charge < -0.3 is 10.5 Å². The number of hydrogen-bond donors (Lipinski definition) is 1. The minimum atomic E-state index is -3.83. The smallest absolute Gasteiger partial charge is 0.254 e. The molecule has 0 saturated carbocycles. The number of nitrogens with zero attached hydrogens (tertiary/aromatic N) is 4. The summed E-state index contributed by atoms with van der Waals surface area (Å²) in [6, 6.07) is 25.3. The lowest BCUT2D eigenvalue weighted by Crippen LogP contribution is -2.15. The van der Waals surface area contributed by atoms with Crippen LogP contribution >= 0.6 is 0 Å². The van der Waals surface area contributed by atoms with Crippen molar-refractivity contribution in [2.75, 3.05) is 6.54 Å². The van der Waals surface area contributed by atoms with Crippen molar-refractivity contribution in [1.29, 1.82) is 5.26 Å². The van der Waals surface area contributed by atoms with Gasteiger partial charge in [0.15, 0.2) is 0 Å². The summed E-state index contributed by atoms with van der Waals surface area (Å²) in [5, 5.41) is 16.9. The van der Waals surface area contributed by atoms with Crippen molar-refractivity contribution >= 4 is 9.84 Å². The van der Waals surface area contributed by atoms with Gasteiger partial charge in [0.2, 0.25) is 9.84 Å². The SMILES string of the molecule is N#Cc1ccc(CS(=O)(=O)c2nnc(CCN)n2-c2ccc(OCc3ccccc3)cc2)cc1. The van der Waals surface area contributed by atoms with Crippen LogP contribution in [0.1, 0.15) is 22.5 Å². The number of rotatable bonds is 9. The minimum absolute atomic E-state index is 0.154. The average molecular weight is 474 g/mol. The molecule has 9 heteroatoms. The van der Waals surface area contributed by atoms with Gasteiger partial charge in [0.25, 0.3) is 5.16 Å². The van der Waals surface area contributed by atoms with Crippen LogP contribution in [-0.4, -0.2) is 29.7 Å². The maximum absolute atomic E-state index is 13.2. The van der Waals surface area contributed by atoms with Crippen molar-refractivity contribution in [1.82, 2.24) is 14.8 Å². The van der Waals surface area contributed by atoms with E-state index in [-0.39, 0.29) is 10.9 Å². The highest BCUT2D eigenvalue weighted by atomic mass is 32.2. The summed E-state index contributed by atoms with van der Waals surface area (Å²) in [5.41, 5.74) is 8.38. The summed E-state index contributed by atoms with van der Waals surface area (Å²) < 4.78 is 33.9. The van der Waals surface area contributed by atoms with Crippen molar-refractivity contribution in [3.63, 3.8) is 0 Å². The molecular weight excluding hydrogens is 450 g/mol. The van der Waals surface area contributed by atoms with Gasteiger partial charge in [-0.05, 0) is 54.1 Å². The van der Waals surface area contributed by atoms with Crippen molar-refractivity contribution in [2.45, 2.75) is 23.9 Å². The molecule has 0 saturated heterocycles. The molecular formula is C25H23N5O3S. The summed E-state index contributed by atoms with van der Waals surface area (Å²) in [4.78, 5) is 0. The van der Waals surface area contributed by atoms with Crippen LogP contribution in [0.25, 0.3) is 5.69 Å². The Morgan fingerprint density at radius 3 is 2.26 bits per heavy atom. The maximum Gasteiger partial charge on any atom is 0.254 e. The first kappa shape index (κ1) is 23.2. The van der Waals surface area contributed by atoms with E-state index in [0.29, 0.717) is 48.0 Å². The van der Waals surface area contributed by atoms with E-state index in [9.17, 15) is 8.42 Å². The predicted molar refractivity (Wildman–Crippen MR) is 127 cm³/mol. The number of nitrogens with two attached hydrogens (primary N) is 1. The van der Waals surface area contributed by atoms with Gasteiger partial charge in [-0.3, -0.25) is 4.57 Å². The number of benzene rings is 3. The molecule has 1 aromatic heterocycles. The van der Waals surface area contributed by atoms with Crippen LogP contribution in [0.4, 0.5) is 0 Å². The summed E-state index contributed by atoms with van der Waals surface area (Å²) in [6.45, 7) is 0.724. The van der Waals surface area contributed by atoms with E-state index >= 15 is 0 Å². The third-order valence-electron chi connectivity index (χ3n) is 5.13. The zero-order chi connectivity index (χ0) is 24.0. The van der Waals surface area contributed by atoms with Crippen molar-refractivity contribution in [2.24, 2.45) is 5.73 Å². The summed E-state index contributed by atoms with van der Waals surface area (Å²) in [7, 11) is -3.83. The zero-order valence-corrected chi connectivity index (χ0v) is 19.1. The van der Waals surface area contributed by atoms with Gasteiger partial charge in [0.05, 0.1) is 17.4 Å². The van der Waals surface area contributed by atoms with Crippen LogP contribution in [0.5, 0.6) is 5.75 Å². The van der Waals surface area contributed by atoms with Gasteiger partial charge in [0.1, 0.15) is 18.2 Å². The van der Waals surface area contributed by atoms with Gasteiger partial charge in [0, 0.05) is 12.1 Å². The second-order valence-corrected chi connectivity index (χ2v) is 9.49. The Labute approximate surface area is 198 Å². The number of sulfone groups is 1. The number of aromatic nitrogens is 3. The normalized spacial score (nSPS) is 11.2. The lowest BCUT2D eigenvalue weighted by Gasteiger charge is -2.12. The third kappa shape index (κ3) is 5.31. The molecule has 4 aromatic rings. The molecule has 34 heavy (non-hydrogen) atoms. The topological polar surface area (TPSA) is 124 Å². The van der Waals surface area contributed by atoms with E-state index in [0.717, 1.165) is 5.56 Å². The highest BCUT2D eigenvalue weighted by Gasteiger charge is 2.26. The Balaban J connectivity index is 1.60. The second kappa shape index (κ2) is 10.3. The quantitative estimate of drug-likeness (QED) is 0.396. The molecule has 0 amide bonds. The summed E-state index contributed by atoms with van der Waals surface area (Å²) in [5.74, 6) is 0.847. The molecule has 0 spiro atoms. The Morgan fingerprint density at radius 2 is 1.62 bits per heavy atom. The Bertz CT molecular complexity index is 1390. The highest BCUT2D eigenvalue weighted by molar-refractivity contribution is 7.90. The molecule has 0 fully saturated rings. The highest BCUT2D eigenvalue weighted by Crippen LogP contribution is 2.23. The second-order valence-electron chi connectivity index (χ2n) is 7.61. The van der Waals surface area contributed by atoms with Crippen LogP contribution in [0.3, 0.4) is 0 Å². The molecule has 3 aromatic carbocycles. The average Bonchev–Trinajstić information content (AvgIpc) is 3.29. The number of nitriles is 1. The Hall–Kier alpha value is -4.00. The molecule has 0 radical (unpaired) electrons. The molecule has 0 aliphatic heterocycles. The fourth-order valence-corrected chi connectivity index (χ4v) is 4.86. The van der Waals surface area contributed by atoms with Crippen LogP contribution in [-0.2, 0) is 28.6 Å². The van der Waals surface area contributed by atoms with Gasteiger partial charge in [-0.15, -0.1) is 10.2 Å². The molecule has 2 N–H and O–H groups in total. The van der Waals surface area contributed by atoms with E-state index < -0.39 is 9.84 Å². The molecule has 4 rings (SSSR count). The van der Waals surface area contributed by atoms with E-state index in [2.05, 4.69) is 10.2 Å². The first-order valence-corrected chi connectivity index (χ1v) is 12.3. The van der Waals surface area contributed by atoms with Gasteiger partial charge in [-0.1, -0.05) is 42.5 Å². The molecule has 0 atom stereocenters. The van der Waals surface area contributed by atoms with Crippen LogP contribution in [0.15, 0.2) is 84.0 Å². The molecule has 1 heterocycles. The first-order valence-electron chi connectivity index (χ1n) is 10.6. The monoisotopic (exact) mass is 473 g/mol. The fourth-order valence-electron chi connectivity index (χ4n) is 3.44. The molecule has 0 bridgehead atoms. The van der Waals surface area contributed by atoms with Crippen molar-refractivity contribution < 1.29 is 13.2 Å². The minimum Gasteiger partial charge on any atom is -0.489 e. The lowest BCUT2D eigenvalue weighted by atomic mass is 10.2. The van der Waals surface area contributed by atoms with Gasteiger partial charge in [-0.25, -0.2) is 8.42 Å². The van der Waals surface area contributed by atoms with Crippen molar-refractivity contribution in [3.05, 3.63) is 101 Å². The molecule has 0 unspecified atom stereocenters. The largest absolute Gasteiger partial charge is 0.489 e. The van der Waals surface area contributed by atoms with Crippen LogP contribution in [0, 0.1) is 11.3 Å². The van der Waals surface area contributed by atoms with Crippen LogP contribution in [0.2, 0.25) is 0 Å². The summed E-state index contributed by atoms with van der Waals surface area (Å²) in [6.07, 6.45) is 0.367. The number of hydrogen-bond acceptors (Lipinski definition) is 7. The molecule has 0 aliphatic carbocycles. The maximum atomic E-state index is 13.2. The Morgan fingerprint density at radius 1 is 0.912 bits per heavy atom. The number of ether oxygens (including phenoxy) is 1. The predicted octanol–water partition coefficient (Wildman–Crippen LogP) is 3.19.